The number of nitrogens with zero attached hydrogens (tertiary/aromatic N) is 2. The van der Waals surface area contributed by atoms with Crippen molar-refractivity contribution >= 4 is 29.5 Å². The number of rotatable bonds is 10. The number of aryl methyl sites for hydroxylation is 1. The lowest BCUT2D eigenvalue weighted by molar-refractivity contribution is -0.145. The number of benzene rings is 2. The number of carbonyl (C=O) groups excluding carboxylic acids is 3. The summed E-state index contributed by atoms with van der Waals surface area (Å²) >= 11 is 1.61. The van der Waals surface area contributed by atoms with Crippen molar-refractivity contribution in [2.24, 2.45) is 0 Å². The minimum absolute atomic E-state index is 0.0200. The summed E-state index contributed by atoms with van der Waals surface area (Å²) in [4.78, 5) is 42.1. The van der Waals surface area contributed by atoms with Crippen LogP contribution < -0.4 is 0 Å². The average molecular weight is 509 g/mol. The third-order valence-corrected chi connectivity index (χ3v) is 8.84. The molecule has 0 radical (unpaired) electrons. The first-order valence-corrected chi connectivity index (χ1v) is 13.9. The van der Waals surface area contributed by atoms with Gasteiger partial charge in [0.05, 0.1) is 23.1 Å². The van der Waals surface area contributed by atoms with Crippen LogP contribution in [0.2, 0.25) is 0 Å². The molecule has 2 fully saturated rings. The SMILES string of the molecule is CCOC(=O)CC1SC2(CCN(C(=O)CCCc3ccccc3)CC2)N(CCc2ccccc2)C1=O. The van der Waals surface area contributed by atoms with Crippen molar-refractivity contribution in [3.63, 3.8) is 0 Å². The lowest BCUT2D eigenvalue weighted by Crippen LogP contribution is -2.53. The molecule has 2 aromatic carbocycles. The number of thioether (sulfide) groups is 1. The molecule has 0 N–H and O–H groups in total. The largest absolute Gasteiger partial charge is 0.466 e. The van der Waals surface area contributed by atoms with E-state index in [1.807, 2.05) is 46.2 Å². The number of likely N-dealkylation sites (tertiary alicyclic amines) is 1. The van der Waals surface area contributed by atoms with Crippen molar-refractivity contribution in [1.29, 1.82) is 0 Å². The first-order valence-electron chi connectivity index (χ1n) is 13.0. The highest BCUT2D eigenvalue weighted by atomic mass is 32.2. The highest BCUT2D eigenvalue weighted by Crippen LogP contribution is 2.49. The Morgan fingerprint density at radius 3 is 2.19 bits per heavy atom. The van der Waals surface area contributed by atoms with E-state index in [2.05, 4.69) is 24.3 Å². The molecule has 2 aromatic rings. The Hall–Kier alpha value is -2.80. The summed E-state index contributed by atoms with van der Waals surface area (Å²) in [6, 6.07) is 20.4. The van der Waals surface area contributed by atoms with Crippen LogP contribution in [0.3, 0.4) is 0 Å². The fourth-order valence-corrected chi connectivity index (χ4v) is 6.90. The molecule has 2 amide bonds. The minimum atomic E-state index is -0.423. The van der Waals surface area contributed by atoms with Gasteiger partial charge in [-0.3, -0.25) is 14.4 Å². The zero-order valence-corrected chi connectivity index (χ0v) is 21.9. The average Bonchev–Trinajstić information content (AvgIpc) is 3.14. The first kappa shape index (κ1) is 26.3. The van der Waals surface area contributed by atoms with Gasteiger partial charge in [0.2, 0.25) is 11.8 Å². The molecule has 0 aromatic heterocycles. The maximum Gasteiger partial charge on any atom is 0.307 e. The lowest BCUT2D eigenvalue weighted by Gasteiger charge is -2.44. The Labute approximate surface area is 218 Å². The number of amides is 2. The fourth-order valence-electron chi connectivity index (χ4n) is 5.19. The van der Waals surface area contributed by atoms with Crippen LogP contribution >= 0.6 is 11.8 Å². The third-order valence-electron chi connectivity index (χ3n) is 7.12. The van der Waals surface area contributed by atoms with E-state index in [1.165, 1.54) is 11.1 Å². The minimum Gasteiger partial charge on any atom is -0.466 e. The van der Waals surface area contributed by atoms with Gasteiger partial charge in [-0.25, -0.2) is 0 Å². The highest BCUT2D eigenvalue weighted by molar-refractivity contribution is 8.02. The topological polar surface area (TPSA) is 66.9 Å². The molecule has 2 heterocycles. The summed E-state index contributed by atoms with van der Waals surface area (Å²) in [5.41, 5.74) is 2.44. The molecule has 36 heavy (non-hydrogen) atoms. The fraction of sp³-hybridized carbons (Fsp3) is 0.483. The van der Waals surface area contributed by atoms with Crippen LogP contribution in [0.1, 0.15) is 50.2 Å². The summed E-state index contributed by atoms with van der Waals surface area (Å²) in [5.74, 6) is -0.116. The second kappa shape index (κ2) is 12.4. The molecule has 2 aliphatic rings. The summed E-state index contributed by atoms with van der Waals surface area (Å²) < 4.78 is 5.13. The van der Waals surface area contributed by atoms with Gasteiger partial charge in [-0.1, -0.05) is 60.7 Å². The maximum absolute atomic E-state index is 13.4. The molecule has 0 aliphatic carbocycles. The molecular weight excluding hydrogens is 472 g/mol. The second-order valence-corrected chi connectivity index (χ2v) is 11.1. The molecule has 7 heteroatoms. The van der Waals surface area contributed by atoms with Crippen molar-refractivity contribution in [1.82, 2.24) is 9.80 Å². The molecule has 192 valence electrons. The van der Waals surface area contributed by atoms with Gasteiger partial charge in [-0.15, -0.1) is 11.8 Å². The van der Waals surface area contributed by atoms with Crippen molar-refractivity contribution in [3.05, 3.63) is 71.8 Å². The summed E-state index contributed by atoms with van der Waals surface area (Å²) in [6.45, 7) is 3.98. The number of hydrogen-bond donors (Lipinski definition) is 0. The van der Waals surface area contributed by atoms with Gasteiger partial charge in [0.1, 0.15) is 0 Å². The lowest BCUT2D eigenvalue weighted by atomic mass is 9.99. The predicted octanol–water partition coefficient (Wildman–Crippen LogP) is 4.47. The van der Waals surface area contributed by atoms with E-state index in [0.717, 1.165) is 32.1 Å². The molecule has 0 saturated carbocycles. The summed E-state index contributed by atoms with van der Waals surface area (Å²) in [7, 11) is 0. The van der Waals surface area contributed by atoms with Crippen molar-refractivity contribution in [2.45, 2.75) is 62.0 Å². The van der Waals surface area contributed by atoms with E-state index in [4.69, 9.17) is 4.74 Å². The number of piperidine rings is 1. The van der Waals surface area contributed by atoms with Crippen LogP contribution in [0.15, 0.2) is 60.7 Å². The normalized spacial score (nSPS) is 19.0. The quantitative estimate of drug-likeness (QED) is 0.443. The van der Waals surface area contributed by atoms with Crippen molar-refractivity contribution in [2.75, 3.05) is 26.2 Å². The van der Waals surface area contributed by atoms with Crippen LogP contribution in [0.25, 0.3) is 0 Å². The van der Waals surface area contributed by atoms with Crippen LogP contribution in [0.5, 0.6) is 0 Å². The van der Waals surface area contributed by atoms with Gasteiger partial charge < -0.3 is 14.5 Å². The second-order valence-electron chi connectivity index (χ2n) is 9.51. The Bertz CT molecular complexity index is 1020. The molecule has 2 aliphatic heterocycles. The Morgan fingerprint density at radius 2 is 1.58 bits per heavy atom. The Morgan fingerprint density at radius 1 is 0.972 bits per heavy atom. The van der Waals surface area contributed by atoms with Gasteiger partial charge >= 0.3 is 5.97 Å². The van der Waals surface area contributed by atoms with Gasteiger partial charge in [0.25, 0.3) is 0 Å². The number of esters is 1. The van der Waals surface area contributed by atoms with E-state index < -0.39 is 5.25 Å². The van der Waals surface area contributed by atoms with Gasteiger partial charge in [0, 0.05) is 26.1 Å². The zero-order chi connectivity index (χ0) is 25.4. The predicted molar refractivity (Wildman–Crippen MR) is 142 cm³/mol. The first-order chi connectivity index (χ1) is 17.5. The molecule has 2 saturated heterocycles. The summed E-state index contributed by atoms with van der Waals surface area (Å²) in [5, 5.41) is -0.423. The van der Waals surface area contributed by atoms with Gasteiger partial charge in [-0.05, 0) is 50.2 Å². The van der Waals surface area contributed by atoms with E-state index in [0.29, 0.717) is 32.7 Å². The van der Waals surface area contributed by atoms with E-state index in [-0.39, 0.29) is 29.1 Å². The van der Waals surface area contributed by atoms with Gasteiger partial charge in [0.15, 0.2) is 0 Å². The standard InChI is InChI=1S/C29H36N2O4S/c1-2-35-27(33)22-25-28(34)31(19-16-24-12-7-4-8-13-24)29(36-25)17-20-30(21-18-29)26(32)15-9-14-23-10-5-3-6-11-23/h3-8,10-13,25H,2,9,14-22H2,1H3. The molecule has 6 nitrogen and oxygen atoms in total. The Kier molecular flexibility index (Phi) is 9.08. The van der Waals surface area contributed by atoms with Crippen LogP contribution in [0, 0.1) is 0 Å². The monoisotopic (exact) mass is 508 g/mol. The van der Waals surface area contributed by atoms with Crippen LogP contribution in [-0.4, -0.2) is 63.9 Å². The number of carbonyl (C=O) groups is 3. The van der Waals surface area contributed by atoms with Crippen molar-refractivity contribution < 1.29 is 19.1 Å². The number of ether oxygens (including phenoxy) is 1. The molecule has 1 spiro atoms. The molecular formula is C29H36N2O4S. The van der Waals surface area contributed by atoms with E-state index in [1.54, 1.807) is 18.7 Å². The zero-order valence-electron chi connectivity index (χ0n) is 21.1. The van der Waals surface area contributed by atoms with E-state index in [9.17, 15) is 14.4 Å². The maximum atomic E-state index is 13.4. The molecule has 1 unspecified atom stereocenters. The summed E-state index contributed by atoms with van der Waals surface area (Å²) in [6.07, 6.45) is 4.59. The molecule has 0 bridgehead atoms. The number of hydrogen-bond acceptors (Lipinski definition) is 5. The van der Waals surface area contributed by atoms with Crippen LogP contribution in [0.4, 0.5) is 0 Å². The van der Waals surface area contributed by atoms with E-state index >= 15 is 0 Å². The van der Waals surface area contributed by atoms with Crippen LogP contribution in [-0.2, 0) is 32.0 Å². The molecule has 1 atom stereocenters. The smallest absolute Gasteiger partial charge is 0.307 e. The molecule has 4 rings (SSSR count). The Balaban J connectivity index is 1.37. The third kappa shape index (κ3) is 6.49. The highest BCUT2D eigenvalue weighted by Gasteiger charge is 2.53. The van der Waals surface area contributed by atoms with Gasteiger partial charge in [-0.2, -0.15) is 0 Å². The van der Waals surface area contributed by atoms with Crippen molar-refractivity contribution in [3.8, 4) is 0 Å².